The molecule has 0 heterocycles. The fourth-order valence-corrected chi connectivity index (χ4v) is 2.32. The first-order valence-electron chi connectivity index (χ1n) is 7.00. The van der Waals surface area contributed by atoms with Gasteiger partial charge < -0.3 is 9.64 Å². The van der Waals surface area contributed by atoms with E-state index in [1.807, 2.05) is 37.3 Å². The van der Waals surface area contributed by atoms with Gasteiger partial charge in [0, 0.05) is 12.2 Å². The van der Waals surface area contributed by atoms with Crippen LogP contribution in [0.4, 0.5) is 5.69 Å². The lowest BCUT2D eigenvalue weighted by Crippen LogP contribution is -2.34. The molecule has 0 saturated heterocycles. The second kappa shape index (κ2) is 7.99. The van der Waals surface area contributed by atoms with Gasteiger partial charge in [-0.05, 0) is 37.3 Å². The molecule has 0 aliphatic carbocycles. The van der Waals surface area contributed by atoms with E-state index in [2.05, 4.69) is 0 Å². The Morgan fingerprint density at radius 1 is 1.04 bits per heavy atom. The second-order valence-electron chi connectivity index (χ2n) is 4.68. The van der Waals surface area contributed by atoms with Crippen molar-refractivity contribution in [3.8, 4) is 0 Å². The van der Waals surface area contributed by atoms with Crippen LogP contribution in [0.5, 0.6) is 0 Å². The fourth-order valence-electron chi connectivity index (χ4n) is 2.02. The fraction of sp³-hybridized carbons (Fsp3) is 0.176. The molecule has 0 atom stereocenters. The standard InChI is InChI=1S/C17H15Cl2NO3/c1-2-20(13-6-4-3-5-7-13)16(21)11-23-17(22)12-8-9-14(18)15(19)10-12/h3-10H,2,11H2,1H3. The SMILES string of the molecule is CCN(C(=O)COC(=O)c1ccc(Cl)c(Cl)c1)c1ccccc1. The Morgan fingerprint density at radius 3 is 2.35 bits per heavy atom. The Morgan fingerprint density at radius 2 is 1.74 bits per heavy atom. The van der Waals surface area contributed by atoms with E-state index in [1.165, 1.54) is 18.2 Å². The molecule has 0 N–H and O–H groups in total. The normalized spacial score (nSPS) is 10.2. The van der Waals surface area contributed by atoms with E-state index in [9.17, 15) is 9.59 Å². The Hall–Kier alpha value is -2.04. The van der Waals surface area contributed by atoms with E-state index in [0.29, 0.717) is 11.6 Å². The predicted octanol–water partition coefficient (Wildman–Crippen LogP) is 4.20. The van der Waals surface area contributed by atoms with Gasteiger partial charge in [-0.2, -0.15) is 0 Å². The van der Waals surface area contributed by atoms with Crippen LogP contribution in [0.3, 0.4) is 0 Å². The second-order valence-corrected chi connectivity index (χ2v) is 5.49. The summed E-state index contributed by atoms with van der Waals surface area (Å²) in [5, 5.41) is 0.604. The van der Waals surface area contributed by atoms with E-state index in [1.54, 1.807) is 4.90 Å². The molecule has 4 nitrogen and oxygen atoms in total. The molecule has 0 unspecified atom stereocenters. The van der Waals surface area contributed by atoms with Crippen molar-refractivity contribution in [2.24, 2.45) is 0 Å². The average Bonchev–Trinajstić information content (AvgIpc) is 2.57. The lowest BCUT2D eigenvalue weighted by molar-refractivity contribution is -0.121. The van der Waals surface area contributed by atoms with Crippen LogP contribution >= 0.6 is 23.2 Å². The molecule has 0 fully saturated rings. The molecular weight excluding hydrogens is 337 g/mol. The predicted molar refractivity (Wildman–Crippen MR) is 91.2 cm³/mol. The molecular formula is C17H15Cl2NO3. The van der Waals surface area contributed by atoms with Crippen molar-refractivity contribution in [1.82, 2.24) is 0 Å². The van der Waals surface area contributed by atoms with Crippen LogP contribution in [0.15, 0.2) is 48.5 Å². The van der Waals surface area contributed by atoms with Gasteiger partial charge >= 0.3 is 5.97 Å². The van der Waals surface area contributed by atoms with Gasteiger partial charge in [-0.15, -0.1) is 0 Å². The molecule has 0 aliphatic rings. The topological polar surface area (TPSA) is 46.6 Å². The minimum Gasteiger partial charge on any atom is -0.452 e. The highest BCUT2D eigenvalue weighted by atomic mass is 35.5. The molecule has 2 aromatic rings. The third-order valence-corrected chi connectivity index (χ3v) is 3.91. The highest BCUT2D eigenvalue weighted by Crippen LogP contribution is 2.23. The molecule has 0 aromatic heterocycles. The van der Waals surface area contributed by atoms with Crippen LogP contribution in [0, 0.1) is 0 Å². The minimum atomic E-state index is -0.624. The monoisotopic (exact) mass is 351 g/mol. The van der Waals surface area contributed by atoms with E-state index in [0.717, 1.165) is 5.69 Å². The van der Waals surface area contributed by atoms with Crippen LogP contribution < -0.4 is 4.90 Å². The van der Waals surface area contributed by atoms with Gasteiger partial charge in [0.05, 0.1) is 15.6 Å². The van der Waals surface area contributed by atoms with Gasteiger partial charge in [-0.25, -0.2) is 4.79 Å². The summed E-state index contributed by atoms with van der Waals surface area (Å²) in [7, 11) is 0. The number of amides is 1. The van der Waals surface area contributed by atoms with Gasteiger partial charge in [0.15, 0.2) is 6.61 Å². The molecule has 0 spiro atoms. The van der Waals surface area contributed by atoms with Crippen molar-refractivity contribution < 1.29 is 14.3 Å². The number of hydrogen-bond donors (Lipinski definition) is 0. The maximum atomic E-state index is 12.2. The summed E-state index contributed by atoms with van der Waals surface area (Å²) in [6.45, 7) is 1.99. The summed E-state index contributed by atoms with van der Waals surface area (Å²) in [4.78, 5) is 25.7. The summed E-state index contributed by atoms with van der Waals surface area (Å²) in [6, 6.07) is 13.6. The van der Waals surface area contributed by atoms with Gasteiger partial charge in [0.25, 0.3) is 5.91 Å². The van der Waals surface area contributed by atoms with Gasteiger partial charge in [-0.3, -0.25) is 4.79 Å². The molecule has 1 amide bonds. The summed E-state index contributed by atoms with van der Waals surface area (Å²) in [6.07, 6.45) is 0. The van der Waals surface area contributed by atoms with E-state index >= 15 is 0 Å². The summed E-state index contributed by atoms with van der Waals surface area (Å²) in [5.74, 6) is -0.923. The molecule has 6 heteroatoms. The van der Waals surface area contributed by atoms with Crippen LogP contribution in [-0.4, -0.2) is 25.0 Å². The Kier molecular flexibility index (Phi) is 6.02. The van der Waals surface area contributed by atoms with Crippen LogP contribution in [0.1, 0.15) is 17.3 Å². The van der Waals surface area contributed by atoms with Crippen molar-refractivity contribution in [1.29, 1.82) is 0 Å². The Balaban J connectivity index is 2.00. The number of esters is 1. The number of anilines is 1. The number of carbonyl (C=O) groups is 2. The van der Waals surface area contributed by atoms with E-state index in [4.69, 9.17) is 27.9 Å². The quantitative estimate of drug-likeness (QED) is 0.758. The molecule has 2 rings (SSSR count). The highest BCUT2D eigenvalue weighted by Gasteiger charge is 2.17. The largest absolute Gasteiger partial charge is 0.452 e. The maximum Gasteiger partial charge on any atom is 0.338 e. The zero-order chi connectivity index (χ0) is 16.8. The van der Waals surface area contributed by atoms with Gasteiger partial charge in [-0.1, -0.05) is 41.4 Å². The molecule has 0 radical (unpaired) electrons. The smallest absolute Gasteiger partial charge is 0.338 e. The Labute approximate surface area is 144 Å². The molecule has 2 aromatic carbocycles. The van der Waals surface area contributed by atoms with Crippen LogP contribution in [0.2, 0.25) is 10.0 Å². The molecule has 23 heavy (non-hydrogen) atoms. The van der Waals surface area contributed by atoms with E-state index < -0.39 is 5.97 Å². The minimum absolute atomic E-state index is 0.245. The zero-order valence-electron chi connectivity index (χ0n) is 12.5. The van der Waals surface area contributed by atoms with Crippen molar-refractivity contribution >= 4 is 40.8 Å². The number of likely N-dealkylation sites (N-methyl/N-ethyl adjacent to an activating group) is 1. The van der Waals surface area contributed by atoms with Crippen LogP contribution in [0.25, 0.3) is 0 Å². The number of carbonyl (C=O) groups excluding carboxylic acids is 2. The van der Waals surface area contributed by atoms with Gasteiger partial charge in [0.2, 0.25) is 0 Å². The summed E-state index contributed by atoms with van der Waals surface area (Å²) >= 11 is 11.7. The van der Waals surface area contributed by atoms with Gasteiger partial charge in [0.1, 0.15) is 0 Å². The number of para-hydroxylation sites is 1. The lowest BCUT2D eigenvalue weighted by atomic mass is 10.2. The van der Waals surface area contributed by atoms with Crippen molar-refractivity contribution in [2.75, 3.05) is 18.1 Å². The summed E-state index contributed by atoms with van der Waals surface area (Å²) < 4.78 is 5.06. The molecule has 0 aliphatic heterocycles. The third-order valence-electron chi connectivity index (χ3n) is 3.17. The third kappa shape index (κ3) is 4.47. The lowest BCUT2D eigenvalue weighted by Gasteiger charge is -2.20. The van der Waals surface area contributed by atoms with Crippen LogP contribution in [-0.2, 0) is 9.53 Å². The number of hydrogen-bond acceptors (Lipinski definition) is 3. The Bertz CT molecular complexity index is 704. The molecule has 0 saturated carbocycles. The first-order valence-corrected chi connectivity index (χ1v) is 7.76. The number of ether oxygens (including phenoxy) is 1. The first kappa shape index (κ1) is 17.3. The summed E-state index contributed by atoms with van der Waals surface area (Å²) in [5.41, 5.74) is 1.00. The molecule has 0 bridgehead atoms. The number of rotatable bonds is 5. The maximum absolute atomic E-state index is 12.2. The van der Waals surface area contributed by atoms with E-state index in [-0.39, 0.29) is 23.1 Å². The van der Waals surface area contributed by atoms with Crippen molar-refractivity contribution in [3.05, 3.63) is 64.1 Å². The first-order chi connectivity index (χ1) is 11.0. The zero-order valence-corrected chi connectivity index (χ0v) is 14.0. The number of benzene rings is 2. The highest BCUT2D eigenvalue weighted by molar-refractivity contribution is 6.42. The molecule has 120 valence electrons. The number of nitrogens with zero attached hydrogens (tertiary/aromatic N) is 1. The van der Waals surface area contributed by atoms with Crippen molar-refractivity contribution in [2.45, 2.75) is 6.92 Å². The van der Waals surface area contributed by atoms with Crippen molar-refractivity contribution in [3.63, 3.8) is 0 Å². The number of halogens is 2. The average molecular weight is 352 g/mol.